The lowest BCUT2D eigenvalue weighted by atomic mass is 9.86. The molecule has 5 heteroatoms. The Hall–Kier alpha value is -4.15. The van der Waals surface area contributed by atoms with Gasteiger partial charge in [0.1, 0.15) is 0 Å². The number of benzene rings is 5. The van der Waals surface area contributed by atoms with E-state index in [0.29, 0.717) is 6.54 Å². The summed E-state index contributed by atoms with van der Waals surface area (Å²) < 4.78 is 0. The van der Waals surface area contributed by atoms with Crippen LogP contribution in [0.4, 0.5) is 0 Å². The number of fused-ring (bicyclic) bond motifs is 2. The average Bonchev–Trinajstić information content (AvgIpc) is 2.95. The molecule has 0 bridgehead atoms. The molecule has 5 nitrogen and oxygen atoms in total. The molecule has 0 aliphatic rings. The van der Waals surface area contributed by atoms with Gasteiger partial charge in [0, 0.05) is 17.5 Å². The molecular weight excluding hydrogens is 456 g/mol. The van der Waals surface area contributed by atoms with E-state index in [2.05, 4.69) is 95.6 Å². The standard InChI is InChI=1S/C32H30N4O/c1-22(32(37)25-12-4-3-5-13-25)36(2)21-27-19-17-24-11-7-9-15-29(24)31(27)30-26(20-34-35-33)18-16-23-10-6-8-14-28(23)30/h3-19,22,32,37H,20-21H2,1-2H3/t22-,32-/m0/s1. The fourth-order valence-corrected chi connectivity index (χ4v) is 5.18. The van der Waals surface area contributed by atoms with E-state index in [1.807, 2.05) is 36.4 Å². The molecule has 0 spiro atoms. The van der Waals surface area contributed by atoms with Crippen LogP contribution in [0.5, 0.6) is 0 Å². The molecule has 0 saturated carbocycles. The summed E-state index contributed by atoms with van der Waals surface area (Å²) in [7, 11) is 2.06. The maximum absolute atomic E-state index is 11.1. The number of hydrogen-bond donors (Lipinski definition) is 1. The van der Waals surface area contributed by atoms with Gasteiger partial charge in [0.15, 0.2) is 0 Å². The van der Waals surface area contributed by atoms with Gasteiger partial charge in [-0.25, -0.2) is 0 Å². The van der Waals surface area contributed by atoms with E-state index < -0.39 is 6.10 Å². The minimum absolute atomic E-state index is 0.100. The zero-order chi connectivity index (χ0) is 25.8. The van der Waals surface area contributed by atoms with Crippen molar-refractivity contribution in [3.8, 4) is 11.1 Å². The first kappa shape index (κ1) is 24.5. The monoisotopic (exact) mass is 486 g/mol. The first-order chi connectivity index (χ1) is 18.1. The highest BCUT2D eigenvalue weighted by molar-refractivity contribution is 6.07. The number of rotatable bonds is 8. The van der Waals surface area contributed by atoms with Gasteiger partial charge < -0.3 is 5.11 Å². The third-order valence-corrected chi connectivity index (χ3v) is 7.30. The molecule has 0 saturated heterocycles. The van der Waals surface area contributed by atoms with E-state index in [0.717, 1.165) is 49.4 Å². The van der Waals surface area contributed by atoms with E-state index in [1.165, 1.54) is 0 Å². The molecule has 2 atom stereocenters. The Morgan fingerprint density at radius 1 is 0.757 bits per heavy atom. The molecule has 184 valence electrons. The fraction of sp³-hybridized carbons (Fsp3) is 0.188. The molecule has 5 aromatic rings. The first-order valence-electron chi connectivity index (χ1n) is 12.5. The van der Waals surface area contributed by atoms with Crippen molar-refractivity contribution in [1.29, 1.82) is 0 Å². The van der Waals surface area contributed by atoms with Crippen molar-refractivity contribution in [3.63, 3.8) is 0 Å². The Labute approximate surface area is 217 Å². The topological polar surface area (TPSA) is 72.2 Å². The number of azide groups is 1. The van der Waals surface area contributed by atoms with Gasteiger partial charge in [-0.15, -0.1) is 0 Å². The number of aliphatic hydroxyl groups is 1. The highest BCUT2D eigenvalue weighted by Crippen LogP contribution is 2.40. The predicted octanol–water partition coefficient (Wildman–Crippen LogP) is 8.02. The second-order valence-corrected chi connectivity index (χ2v) is 9.54. The van der Waals surface area contributed by atoms with Crippen LogP contribution in [0.15, 0.2) is 108 Å². The molecule has 5 rings (SSSR count). The Kier molecular flexibility index (Phi) is 7.20. The van der Waals surface area contributed by atoms with Crippen molar-refractivity contribution >= 4 is 21.5 Å². The molecular formula is C32H30N4O. The summed E-state index contributed by atoms with van der Waals surface area (Å²) >= 11 is 0. The zero-order valence-electron chi connectivity index (χ0n) is 21.1. The summed E-state index contributed by atoms with van der Waals surface area (Å²) in [6.07, 6.45) is -0.604. The number of nitrogens with zero attached hydrogens (tertiary/aromatic N) is 4. The Morgan fingerprint density at radius 3 is 1.92 bits per heavy atom. The van der Waals surface area contributed by atoms with Gasteiger partial charge >= 0.3 is 0 Å². The molecule has 0 aliphatic carbocycles. The number of aliphatic hydroxyl groups excluding tert-OH is 1. The molecule has 0 unspecified atom stereocenters. The summed E-state index contributed by atoms with van der Waals surface area (Å²) in [5.41, 5.74) is 14.4. The summed E-state index contributed by atoms with van der Waals surface area (Å²) in [6, 6.07) is 35.0. The van der Waals surface area contributed by atoms with Crippen LogP contribution in [0.3, 0.4) is 0 Å². The third kappa shape index (κ3) is 4.93. The van der Waals surface area contributed by atoms with E-state index in [1.54, 1.807) is 0 Å². The molecule has 0 aromatic heterocycles. The predicted molar refractivity (Wildman–Crippen MR) is 152 cm³/mol. The summed E-state index contributed by atoms with van der Waals surface area (Å²) in [4.78, 5) is 5.24. The van der Waals surface area contributed by atoms with Gasteiger partial charge in [-0.2, -0.15) is 0 Å². The molecule has 0 aliphatic heterocycles. The highest BCUT2D eigenvalue weighted by atomic mass is 16.3. The summed E-state index contributed by atoms with van der Waals surface area (Å²) in [6.45, 7) is 2.98. The largest absolute Gasteiger partial charge is 0.387 e. The Balaban J connectivity index is 1.67. The van der Waals surface area contributed by atoms with E-state index in [-0.39, 0.29) is 12.6 Å². The minimum Gasteiger partial charge on any atom is -0.387 e. The van der Waals surface area contributed by atoms with E-state index in [9.17, 15) is 5.11 Å². The second-order valence-electron chi connectivity index (χ2n) is 9.54. The highest BCUT2D eigenvalue weighted by Gasteiger charge is 2.23. The smallest absolute Gasteiger partial charge is 0.0942 e. The van der Waals surface area contributed by atoms with Gasteiger partial charge in [0.05, 0.1) is 12.6 Å². The first-order valence-corrected chi connectivity index (χ1v) is 12.5. The average molecular weight is 487 g/mol. The van der Waals surface area contributed by atoms with E-state index >= 15 is 0 Å². The quantitative estimate of drug-likeness (QED) is 0.137. The van der Waals surface area contributed by atoms with Crippen molar-refractivity contribution < 1.29 is 5.11 Å². The van der Waals surface area contributed by atoms with Crippen LogP contribution in [0.25, 0.3) is 43.1 Å². The summed E-state index contributed by atoms with van der Waals surface area (Å²) in [5, 5.41) is 19.6. The lowest BCUT2D eigenvalue weighted by molar-refractivity contribution is 0.0689. The summed E-state index contributed by atoms with van der Waals surface area (Å²) in [5.74, 6) is 0. The lowest BCUT2D eigenvalue weighted by Crippen LogP contribution is -2.34. The van der Waals surface area contributed by atoms with Crippen molar-refractivity contribution in [3.05, 3.63) is 130 Å². The van der Waals surface area contributed by atoms with Gasteiger partial charge in [0.25, 0.3) is 0 Å². The second kappa shape index (κ2) is 10.9. The molecule has 37 heavy (non-hydrogen) atoms. The van der Waals surface area contributed by atoms with Crippen LogP contribution < -0.4 is 0 Å². The van der Waals surface area contributed by atoms with Crippen LogP contribution in [0.2, 0.25) is 0 Å². The SMILES string of the molecule is C[C@@H]([C@H](O)c1ccccc1)N(C)Cc1ccc2ccccc2c1-c1c(CN=[N+]=[N-])ccc2ccccc12. The van der Waals surface area contributed by atoms with Crippen LogP contribution in [0, 0.1) is 0 Å². The van der Waals surface area contributed by atoms with Gasteiger partial charge in [-0.1, -0.05) is 108 Å². The van der Waals surface area contributed by atoms with Crippen LogP contribution in [0.1, 0.15) is 29.7 Å². The van der Waals surface area contributed by atoms with Crippen molar-refractivity contribution in [2.45, 2.75) is 32.2 Å². The van der Waals surface area contributed by atoms with Crippen molar-refractivity contribution in [2.75, 3.05) is 7.05 Å². The third-order valence-electron chi connectivity index (χ3n) is 7.30. The normalized spacial score (nSPS) is 13.0. The van der Waals surface area contributed by atoms with Crippen molar-refractivity contribution in [1.82, 2.24) is 4.90 Å². The Morgan fingerprint density at radius 2 is 1.30 bits per heavy atom. The molecule has 0 heterocycles. The lowest BCUT2D eigenvalue weighted by Gasteiger charge is -2.30. The zero-order valence-corrected chi connectivity index (χ0v) is 21.1. The van der Waals surface area contributed by atoms with Crippen LogP contribution in [-0.2, 0) is 13.1 Å². The minimum atomic E-state index is -0.604. The van der Waals surface area contributed by atoms with Gasteiger partial charge in [0.2, 0.25) is 0 Å². The number of likely N-dealkylation sites (N-methyl/N-ethyl adjacent to an activating group) is 1. The fourth-order valence-electron chi connectivity index (χ4n) is 5.18. The van der Waals surface area contributed by atoms with Gasteiger partial charge in [-0.05, 0) is 68.9 Å². The van der Waals surface area contributed by atoms with Crippen LogP contribution >= 0.6 is 0 Å². The molecule has 5 aromatic carbocycles. The molecule has 0 fully saturated rings. The van der Waals surface area contributed by atoms with Crippen molar-refractivity contribution in [2.24, 2.45) is 5.11 Å². The molecule has 0 amide bonds. The molecule has 0 radical (unpaired) electrons. The van der Waals surface area contributed by atoms with Gasteiger partial charge in [-0.3, -0.25) is 4.90 Å². The van der Waals surface area contributed by atoms with E-state index in [4.69, 9.17) is 5.53 Å². The van der Waals surface area contributed by atoms with Crippen LogP contribution in [-0.4, -0.2) is 23.1 Å². The Bertz CT molecular complexity index is 1590. The maximum atomic E-state index is 11.1. The molecule has 1 N–H and O–H groups in total. The maximum Gasteiger partial charge on any atom is 0.0942 e. The number of hydrogen-bond acceptors (Lipinski definition) is 3.